The highest BCUT2D eigenvalue weighted by atomic mass is 16.3. The van der Waals surface area contributed by atoms with Crippen LogP contribution in [0.1, 0.15) is 47.0 Å². The van der Waals surface area contributed by atoms with Crippen LogP contribution in [-0.2, 0) is 11.2 Å². The number of fused-ring (bicyclic) bond motifs is 1. The van der Waals surface area contributed by atoms with Gasteiger partial charge in [0.05, 0.1) is 12.5 Å². The summed E-state index contributed by atoms with van der Waals surface area (Å²) in [6.07, 6.45) is 0.209. The van der Waals surface area contributed by atoms with Crippen molar-refractivity contribution in [1.29, 1.82) is 0 Å². The molecule has 0 aromatic carbocycles. The van der Waals surface area contributed by atoms with Crippen molar-refractivity contribution in [2.24, 2.45) is 0 Å². The lowest BCUT2D eigenvalue weighted by Crippen LogP contribution is -2.29. The first-order valence-corrected chi connectivity index (χ1v) is 8.11. The Morgan fingerprint density at radius 1 is 1.32 bits per heavy atom. The van der Waals surface area contributed by atoms with Gasteiger partial charge in [-0.15, -0.1) is 5.10 Å². The van der Waals surface area contributed by atoms with Gasteiger partial charge in [-0.25, -0.2) is 4.98 Å². The molecule has 0 aliphatic rings. The maximum absolute atomic E-state index is 12.5. The molecule has 1 atom stereocenters. The number of nitrogen functional groups attached to an aromatic ring is 1. The summed E-state index contributed by atoms with van der Waals surface area (Å²) in [6.45, 7) is 9.46. The molecular weight excluding hydrogens is 320 g/mol. The van der Waals surface area contributed by atoms with Crippen LogP contribution < -0.4 is 11.1 Å². The molecule has 3 aromatic rings. The fourth-order valence-corrected chi connectivity index (χ4v) is 3.09. The van der Waals surface area contributed by atoms with E-state index in [1.165, 1.54) is 0 Å². The van der Waals surface area contributed by atoms with Crippen molar-refractivity contribution >= 4 is 17.6 Å². The molecule has 25 heavy (non-hydrogen) atoms. The molecule has 0 spiro atoms. The maximum Gasteiger partial charge on any atom is 0.254 e. The largest absolute Gasteiger partial charge is 0.466 e. The Morgan fingerprint density at radius 3 is 2.68 bits per heavy atom. The number of nitrogens with one attached hydrogen (secondary N) is 1. The maximum atomic E-state index is 12.5. The van der Waals surface area contributed by atoms with Gasteiger partial charge in [0.15, 0.2) is 0 Å². The van der Waals surface area contributed by atoms with E-state index < -0.39 is 0 Å². The summed E-state index contributed by atoms with van der Waals surface area (Å²) in [5.41, 5.74) is 9.00. The molecule has 0 saturated carbocycles. The number of carbonyl (C=O) groups excluding carboxylic acids is 1. The van der Waals surface area contributed by atoms with Crippen LogP contribution in [0.25, 0.3) is 5.78 Å². The fraction of sp³-hybridized carbons (Fsp3) is 0.412. The minimum Gasteiger partial charge on any atom is -0.466 e. The zero-order valence-corrected chi connectivity index (χ0v) is 15.0. The van der Waals surface area contributed by atoms with Crippen molar-refractivity contribution < 1.29 is 9.21 Å². The van der Waals surface area contributed by atoms with Crippen molar-refractivity contribution in [2.75, 3.05) is 5.73 Å². The lowest BCUT2D eigenvalue weighted by Gasteiger charge is -2.15. The zero-order chi connectivity index (χ0) is 18.3. The number of carbonyl (C=O) groups is 1. The first-order valence-electron chi connectivity index (χ1n) is 8.11. The molecule has 0 bridgehead atoms. The van der Waals surface area contributed by atoms with Gasteiger partial charge in [-0.1, -0.05) is 0 Å². The molecule has 0 aliphatic heterocycles. The Hall–Kier alpha value is -2.90. The van der Waals surface area contributed by atoms with Gasteiger partial charge in [-0.05, 0) is 40.7 Å². The molecule has 1 amide bonds. The number of rotatable bonds is 4. The average Bonchev–Trinajstić information content (AvgIpc) is 3.05. The van der Waals surface area contributed by atoms with Crippen LogP contribution in [0.15, 0.2) is 10.5 Å². The van der Waals surface area contributed by atoms with Crippen LogP contribution in [-0.4, -0.2) is 25.5 Å². The van der Waals surface area contributed by atoms with Gasteiger partial charge in [0.2, 0.25) is 11.9 Å². The van der Waals surface area contributed by atoms with E-state index in [1.54, 1.807) is 4.52 Å². The summed E-state index contributed by atoms with van der Waals surface area (Å²) < 4.78 is 7.10. The van der Waals surface area contributed by atoms with E-state index in [-0.39, 0.29) is 24.3 Å². The molecule has 3 aromatic heterocycles. The van der Waals surface area contributed by atoms with E-state index in [2.05, 4.69) is 20.4 Å². The minimum absolute atomic E-state index is 0.0915. The molecule has 0 aliphatic carbocycles. The Kier molecular flexibility index (Phi) is 4.20. The molecule has 3 heterocycles. The lowest BCUT2D eigenvalue weighted by molar-refractivity contribution is -0.121. The Bertz CT molecular complexity index is 956. The predicted octanol–water partition coefficient (Wildman–Crippen LogP) is 1.95. The van der Waals surface area contributed by atoms with Crippen LogP contribution >= 0.6 is 0 Å². The normalized spacial score (nSPS) is 12.5. The summed E-state index contributed by atoms with van der Waals surface area (Å²) in [4.78, 5) is 21.0. The summed E-state index contributed by atoms with van der Waals surface area (Å²) in [5.74, 6) is 2.16. The van der Waals surface area contributed by atoms with Crippen LogP contribution in [0.2, 0.25) is 0 Å². The second-order valence-corrected chi connectivity index (χ2v) is 6.28. The summed E-state index contributed by atoms with van der Waals surface area (Å²) in [7, 11) is 0. The number of furan rings is 1. The minimum atomic E-state index is -0.135. The number of amides is 1. The quantitative estimate of drug-likeness (QED) is 0.749. The standard InChI is InChI=1S/C17H22N6O2/c1-8-6-14(12(5)25-8)10(3)19-15(24)7-13-9(2)20-17-21-16(18)22-23(17)11(13)4/h6,10H,7H2,1-5H3,(H2,18,22)(H,19,24)/t10-/m0/s1. The van der Waals surface area contributed by atoms with Crippen LogP contribution in [0.4, 0.5) is 5.95 Å². The third kappa shape index (κ3) is 3.19. The lowest BCUT2D eigenvalue weighted by atomic mass is 10.1. The Morgan fingerprint density at radius 2 is 2.04 bits per heavy atom. The average molecular weight is 342 g/mol. The summed E-state index contributed by atoms with van der Waals surface area (Å²) in [6, 6.07) is 1.81. The summed E-state index contributed by atoms with van der Waals surface area (Å²) in [5, 5.41) is 7.13. The topological polar surface area (TPSA) is 111 Å². The van der Waals surface area contributed by atoms with E-state index in [0.717, 1.165) is 34.0 Å². The molecule has 3 N–H and O–H groups in total. The van der Waals surface area contributed by atoms with E-state index in [9.17, 15) is 4.79 Å². The Labute approximate surface area is 145 Å². The van der Waals surface area contributed by atoms with Gasteiger partial charge in [0.1, 0.15) is 11.5 Å². The summed E-state index contributed by atoms with van der Waals surface area (Å²) >= 11 is 0. The van der Waals surface area contributed by atoms with E-state index >= 15 is 0 Å². The molecule has 0 fully saturated rings. The Balaban J connectivity index is 1.81. The second kappa shape index (κ2) is 6.19. The molecule has 0 saturated heterocycles. The highest BCUT2D eigenvalue weighted by molar-refractivity contribution is 5.79. The van der Waals surface area contributed by atoms with Gasteiger partial charge < -0.3 is 15.5 Å². The first-order chi connectivity index (χ1) is 11.8. The van der Waals surface area contributed by atoms with Gasteiger partial charge in [0, 0.05) is 22.5 Å². The monoisotopic (exact) mass is 342 g/mol. The first kappa shape index (κ1) is 16.9. The van der Waals surface area contributed by atoms with Gasteiger partial charge in [-0.3, -0.25) is 4.79 Å². The van der Waals surface area contributed by atoms with Gasteiger partial charge in [0.25, 0.3) is 5.78 Å². The SMILES string of the molecule is Cc1cc([C@H](C)NC(=O)Cc2c(C)nc3nc(N)nn3c2C)c(C)o1. The van der Waals surface area contributed by atoms with Crippen molar-refractivity contribution in [3.63, 3.8) is 0 Å². The van der Waals surface area contributed by atoms with Crippen molar-refractivity contribution in [3.8, 4) is 0 Å². The third-order valence-corrected chi connectivity index (χ3v) is 4.33. The van der Waals surface area contributed by atoms with Gasteiger partial charge in [-0.2, -0.15) is 9.50 Å². The van der Waals surface area contributed by atoms with Gasteiger partial charge >= 0.3 is 0 Å². The molecule has 8 heteroatoms. The van der Waals surface area contributed by atoms with Crippen LogP contribution in [0, 0.1) is 27.7 Å². The van der Waals surface area contributed by atoms with E-state index in [0.29, 0.717) is 5.78 Å². The van der Waals surface area contributed by atoms with Crippen molar-refractivity contribution in [2.45, 2.75) is 47.1 Å². The molecule has 0 unspecified atom stereocenters. The molecular formula is C17H22N6O2. The van der Waals surface area contributed by atoms with E-state index in [4.69, 9.17) is 10.2 Å². The number of anilines is 1. The highest BCUT2D eigenvalue weighted by Crippen LogP contribution is 2.21. The molecule has 3 rings (SSSR count). The van der Waals surface area contributed by atoms with Crippen molar-refractivity contribution in [1.82, 2.24) is 24.9 Å². The number of aromatic nitrogens is 4. The molecule has 0 radical (unpaired) electrons. The third-order valence-electron chi connectivity index (χ3n) is 4.33. The van der Waals surface area contributed by atoms with Crippen molar-refractivity contribution in [3.05, 3.63) is 40.1 Å². The number of nitrogens with zero attached hydrogens (tertiary/aromatic N) is 4. The number of hydrogen-bond acceptors (Lipinski definition) is 6. The number of hydrogen-bond donors (Lipinski definition) is 2. The highest BCUT2D eigenvalue weighted by Gasteiger charge is 2.18. The van der Waals surface area contributed by atoms with E-state index in [1.807, 2.05) is 40.7 Å². The molecule has 8 nitrogen and oxygen atoms in total. The van der Waals surface area contributed by atoms with Crippen LogP contribution in [0.3, 0.4) is 0 Å². The smallest absolute Gasteiger partial charge is 0.254 e. The number of aryl methyl sites for hydroxylation is 4. The fourth-order valence-electron chi connectivity index (χ4n) is 3.09. The van der Waals surface area contributed by atoms with Crippen LogP contribution in [0.5, 0.6) is 0 Å². The molecule has 132 valence electrons. The predicted molar refractivity (Wildman–Crippen MR) is 93.1 cm³/mol. The number of nitrogens with two attached hydrogens (primary N) is 1. The zero-order valence-electron chi connectivity index (χ0n) is 15.0. The second-order valence-electron chi connectivity index (χ2n) is 6.28.